The summed E-state index contributed by atoms with van der Waals surface area (Å²) in [5.41, 5.74) is 0. The number of aromatic nitrogens is 2. The van der Waals surface area contributed by atoms with Crippen LogP contribution in [0.15, 0.2) is 18.3 Å². The van der Waals surface area contributed by atoms with Crippen LogP contribution in [-0.4, -0.2) is 77.5 Å². The van der Waals surface area contributed by atoms with E-state index in [0.29, 0.717) is 18.2 Å². The molecule has 126 valence electrons. The van der Waals surface area contributed by atoms with Crippen molar-refractivity contribution >= 4 is 5.82 Å². The molecular weight excluding hydrogens is 290 g/mol. The van der Waals surface area contributed by atoms with Gasteiger partial charge in [0.15, 0.2) is 0 Å². The number of fused-ring (bicyclic) bond motifs is 2. The number of morpholine rings is 1. The average Bonchev–Trinajstić information content (AvgIpc) is 2.94. The molecule has 2 unspecified atom stereocenters. The van der Waals surface area contributed by atoms with Gasteiger partial charge >= 0.3 is 0 Å². The molecule has 3 aliphatic heterocycles. The lowest BCUT2D eigenvalue weighted by atomic mass is 10.1. The molecule has 0 saturated carbocycles. The molecule has 3 saturated heterocycles. The Morgan fingerprint density at radius 1 is 1.04 bits per heavy atom. The molecule has 0 aromatic carbocycles. The minimum Gasteiger partial charge on any atom is -0.372 e. The molecule has 3 fully saturated rings. The number of hydrogen-bond donors (Lipinski definition) is 1. The quantitative estimate of drug-likeness (QED) is 0.881. The fraction of sp³-hybridized carbons (Fsp3) is 0.765. The summed E-state index contributed by atoms with van der Waals surface area (Å²) < 4.78 is 5.92. The van der Waals surface area contributed by atoms with E-state index in [0.717, 1.165) is 18.9 Å². The van der Waals surface area contributed by atoms with Crippen LogP contribution in [0.5, 0.6) is 0 Å². The monoisotopic (exact) mass is 317 g/mol. The molecule has 2 atom stereocenters. The number of anilines is 1. The van der Waals surface area contributed by atoms with Gasteiger partial charge in [-0.15, -0.1) is 5.10 Å². The van der Waals surface area contributed by atoms with Gasteiger partial charge in [0.05, 0.1) is 12.2 Å². The largest absolute Gasteiger partial charge is 0.372 e. The summed E-state index contributed by atoms with van der Waals surface area (Å²) in [6, 6.07) is 4.45. The average molecular weight is 317 g/mol. The molecule has 0 amide bonds. The van der Waals surface area contributed by atoms with Gasteiger partial charge < -0.3 is 15.0 Å². The van der Waals surface area contributed by atoms with E-state index in [1.54, 1.807) is 6.20 Å². The Morgan fingerprint density at radius 2 is 1.78 bits per heavy atom. The minimum atomic E-state index is 0.510. The first-order chi connectivity index (χ1) is 11.3. The Kier molecular flexibility index (Phi) is 4.73. The molecule has 1 aromatic rings. The highest BCUT2D eigenvalue weighted by Crippen LogP contribution is 2.26. The van der Waals surface area contributed by atoms with E-state index in [4.69, 9.17) is 4.74 Å². The number of piperidine rings is 1. The van der Waals surface area contributed by atoms with Crippen LogP contribution in [0.2, 0.25) is 0 Å². The zero-order valence-electron chi connectivity index (χ0n) is 13.7. The molecule has 4 heterocycles. The maximum Gasteiger partial charge on any atom is 0.148 e. The minimum absolute atomic E-state index is 0.510. The predicted molar refractivity (Wildman–Crippen MR) is 89.5 cm³/mol. The summed E-state index contributed by atoms with van der Waals surface area (Å²) in [6.07, 6.45) is 7.63. The van der Waals surface area contributed by atoms with Crippen molar-refractivity contribution in [2.75, 3.05) is 44.6 Å². The SMILES string of the molecule is c1cnnc(NC2CCN(CCN3CC4CCC(C3)O4)CC2)c1. The van der Waals surface area contributed by atoms with Crippen LogP contribution in [0, 0.1) is 0 Å². The smallest absolute Gasteiger partial charge is 0.148 e. The molecule has 4 rings (SSSR count). The molecule has 23 heavy (non-hydrogen) atoms. The van der Waals surface area contributed by atoms with E-state index >= 15 is 0 Å². The summed E-state index contributed by atoms with van der Waals surface area (Å²) in [4.78, 5) is 5.21. The Balaban J connectivity index is 1.17. The van der Waals surface area contributed by atoms with Crippen molar-refractivity contribution in [2.24, 2.45) is 0 Å². The normalized spacial score (nSPS) is 29.7. The second-order valence-electron chi connectivity index (χ2n) is 7.09. The van der Waals surface area contributed by atoms with Gasteiger partial charge in [0.25, 0.3) is 0 Å². The molecular formula is C17H27N5O. The van der Waals surface area contributed by atoms with Crippen LogP contribution in [0.1, 0.15) is 25.7 Å². The third kappa shape index (κ3) is 4.00. The fourth-order valence-electron chi connectivity index (χ4n) is 4.05. The highest BCUT2D eigenvalue weighted by atomic mass is 16.5. The zero-order chi connectivity index (χ0) is 15.5. The number of nitrogens with one attached hydrogen (secondary N) is 1. The van der Waals surface area contributed by atoms with Gasteiger partial charge in [0, 0.05) is 51.5 Å². The van der Waals surface area contributed by atoms with Gasteiger partial charge in [-0.05, 0) is 37.8 Å². The summed E-state index contributed by atoms with van der Waals surface area (Å²) in [6.45, 7) is 7.02. The second kappa shape index (κ2) is 7.11. The molecule has 2 bridgehead atoms. The van der Waals surface area contributed by atoms with Crippen LogP contribution in [0.25, 0.3) is 0 Å². The highest BCUT2D eigenvalue weighted by molar-refractivity contribution is 5.32. The van der Waals surface area contributed by atoms with Crippen LogP contribution < -0.4 is 5.32 Å². The number of likely N-dealkylation sites (tertiary alicyclic amines) is 2. The number of ether oxygens (including phenoxy) is 1. The fourth-order valence-corrected chi connectivity index (χ4v) is 4.05. The first kappa shape index (κ1) is 15.3. The topological polar surface area (TPSA) is 53.5 Å². The Hall–Kier alpha value is -1.24. The predicted octanol–water partition coefficient (Wildman–Crippen LogP) is 1.22. The molecule has 1 aromatic heterocycles. The molecule has 6 heteroatoms. The Labute approximate surface area is 138 Å². The number of nitrogens with zero attached hydrogens (tertiary/aromatic N) is 4. The summed E-state index contributed by atoms with van der Waals surface area (Å²) >= 11 is 0. The van der Waals surface area contributed by atoms with E-state index in [9.17, 15) is 0 Å². The van der Waals surface area contributed by atoms with E-state index < -0.39 is 0 Å². The molecule has 3 aliphatic rings. The van der Waals surface area contributed by atoms with E-state index in [1.807, 2.05) is 12.1 Å². The van der Waals surface area contributed by atoms with Crippen molar-refractivity contribution in [1.29, 1.82) is 0 Å². The maximum absolute atomic E-state index is 5.92. The van der Waals surface area contributed by atoms with Gasteiger partial charge in [-0.2, -0.15) is 5.10 Å². The second-order valence-corrected chi connectivity index (χ2v) is 7.09. The molecule has 0 radical (unpaired) electrons. The zero-order valence-corrected chi connectivity index (χ0v) is 13.7. The summed E-state index contributed by atoms with van der Waals surface area (Å²) in [5, 5.41) is 11.5. The third-order valence-corrected chi connectivity index (χ3v) is 5.36. The van der Waals surface area contributed by atoms with Crippen LogP contribution in [0.4, 0.5) is 5.82 Å². The lowest BCUT2D eigenvalue weighted by Gasteiger charge is -2.36. The van der Waals surface area contributed by atoms with Crippen molar-refractivity contribution in [3.63, 3.8) is 0 Å². The first-order valence-electron chi connectivity index (χ1n) is 8.99. The van der Waals surface area contributed by atoms with Crippen LogP contribution in [-0.2, 0) is 4.74 Å². The van der Waals surface area contributed by atoms with E-state index in [-0.39, 0.29) is 0 Å². The van der Waals surface area contributed by atoms with Crippen molar-refractivity contribution in [1.82, 2.24) is 20.0 Å². The molecule has 1 N–H and O–H groups in total. The lowest BCUT2D eigenvalue weighted by Crippen LogP contribution is -2.47. The Morgan fingerprint density at radius 3 is 2.48 bits per heavy atom. The van der Waals surface area contributed by atoms with Gasteiger partial charge in [-0.1, -0.05) is 0 Å². The van der Waals surface area contributed by atoms with Crippen molar-refractivity contribution in [3.8, 4) is 0 Å². The van der Waals surface area contributed by atoms with E-state index in [2.05, 4.69) is 25.3 Å². The summed E-state index contributed by atoms with van der Waals surface area (Å²) in [5.74, 6) is 0.898. The standard InChI is InChI=1S/C17H27N5O/c1-2-17(20-18-7-1)19-14-5-8-21(9-6-14)10-11-22-12-15-3-4-16(13-22)23-15/h1-2,7,14-16H,3-6,8-13H2,(H,19,20). The van der Waals surface area contributed by atoms with Crippen molar-refractivity contribution < 1.29 is 4.74 Å². The van der Waals surface area contributed by atoms with Crippen LogP contribution >= 0.6 is 0 Å². The third-order valence-electron chi connectivity index (χ3n) is 5.36. The van der Waals surface area contributed by atoms with Crippen molar-refractivity contribution in [3.05, 3.63) is 18.3 Å². The lowest BCUT2D eigenvalue weighted by molar-refractivity contribution is -0.0405. The van der Waals surface area contributed by atoms with Gasteiger partial charge in [-0.25, -0.2) is 0 Å². The maximum atomic E-state index is 5.92. The Bertz CT molecular complexity index is 479. The van der Waals surface area contributed by atoms with Gasteiger partial charge in [0.1, 0.15) is 5.82 Å². The summed E-state index contributed by atoms with van der Waals surface area (Å²) in [7, 11) is 0. The molecule has 0 spiro atoms. The number of rotatable bonds is 5. The van der Waals surface area contributed by atoms with Crippen molar-refractivity contribution in [2.45, 2.75) is 43.9 Å². The molecule has 0 aliphatic carbocycles. The van der Waals surface area contributed by atoms with Crippen LogP contribution in [0.3, 0.4) is 0 Å². The number of hydrogen-bond acceptors (Lipinski definition) is 6. The highest BCUT2D eigenvalue weighted by Gasteiger charge is 2.33. The molecule has 6 nitrogen and oxygen atoms in total. The van der Waals surface area contributed by atoms with Gasteiger partial charge in [0.2, 0.25) is 0 Å². The first-order valence-corrected chi connectivity index (χ1v) is 8.99. The van der Waals surface area contributed by atoms with E-state index in [1.165, 1.54) is 51.9 Å². The van der Waals surface area contributed by atoms with Gasteiger partial charge in [-0.3, -0.25) is 4.90 Å².